The zero-order valence-corrected chi connectivity index (χ0v) is 12.9. The van der Waals surface area contributed by atoms with Gasteiger partial charge in [-0.3, -0.25) is 4.79 Å². The first-order valence-electron chi connectivity index (χ1n) is 7.98. The van der Waals surface area contributed by atoms with Gasteiger partial charge in [-0.25, -0.2) is 0 Å². The fourth-order valence-corrected chi connectivity index (χ4v) is 2.45. The molecule has 0 amide bonds. The highest BCUT2D eigenvalue weighted by atomic mass is 16.4. The number of unbranched alkanes of at least 4 members (excludes halogenated alkanes) is 9. The maximum Gasteiger partial charge on any atom is 0.305 e. The van der Waals surface area contributed by atoms with Crippen LogP contribution in [0.1, 0.15) is 90.9 Å². The number of nitrogens with two attached hydrogens (primary N) is 1. The molecule has 0 spiro atoms. The molecule has 3 N–H and O–H groups in total. The molecule has 0 aliphatic heterocycles. The van der Waals surface area contributed by atoms with Crippen LogP contribution in [0.25, 0.3) is 0 Å². The van der Waals surface area contributed by atoms with Gasteiger partial charge in [-0.2, -0.15) is 0 Å². The third-order valence-electron chi connectivity index (χ3n) is 3.66. The van der Waals surface area contributed by atoms with Crippen molar-refractivity contribution in [2.45, 2.75) is 96.4 Å². The lowest BCUT2D eigenvalue weighted by Crippen LogP contribution is -2.38. The number of carboxylic acid groups (broad SMARTS) is 1. The third-order valence-corrected chi connectivity index (χ3v) is 3.66. The highest BCUT2D eigenvalue weighted by Gasteiger charge is 2.21. The van der Waals surface area contributed by atoms with Crippen LogP contribution in [0.15, 0.2) is 0 Å². The van der Waals surface area contributed by atoms with Crippen molar-refractivity contribution in [1.82, 2.24) is 0 Å². The second-order valence-electron chi connectivity index (χ2n) is 6.16. The molecule has 0 rings (SSSR count). The molecule has 114 valence electrons. The van der Waals surface area contributed by atoms with E-state index in [0.717, 1.165) is 12.8 Å². The molecule has 3 heteroatoms. The topological polar surface area (TPSA) is 63.3 Å². The average Bonchev–Trinajstić information content (AvgIpc) is 2.30. The van der Waals surface area contributed by atoms with Gasteiger partial charge in [0.25, 0.3) is 0 Å². The van der Waals surface area contributed by atoms with Crippen molar-refractivity contribution in [3.63, 3.8) is 0 Å². The lowest BCUT2D eigenvalue weighted by molar-refractivity contribution is -0.138. The maximum absolute atomic E-state index is 10.6. The van der Waals surface area contributed by atoms with Crippen LogP contribution in [0.2, 0.25) is 0 Å². The quantitative estimate of drug-likeness (QED) is 0.485. The van der Waals surface area contributed by atoms with E-state index in [1.54, 1.807) is 0 Å². The second kappa shape index (κ2) is 11.3. The summed E-state index contributed by atoms with van der Waals surface area (Å²) in [6.07, 6.45) is 13.9. The monoisotopic (exact) mass is 271 g/mol. The van der Waals surface area contributed by atoms with E-state index in [1.165, 1.54) is 57.8 Å². The minimum absolute atomic E-state index is 0.0738. The summed E-state index contributed by atoms with van der Waals surface area (Å²) >= 11 is 0. The van der Waals surface area contributed by atoms with E-state index in [2.05, 4.69) is 6.92 Å². The Balaban J connectivity index is 3.28. The Morgan fingerprint density at radius 2 is 1.37 bits per heavy atom. The van der Waals surface area contributed by atoms with Crippen molar-refractivity contribution < 1.29 is 9.90 Å². The molecule has 0 aromatic heterocycles. The van der Waals surface area contributed by atoms with Gasteiger partial charge < -0.3 is 10.8 Å². The van der Waals surface area contributed by atoms with Crippen LogP contribution >= 0.6 is 0 Å². The van der Waals surface area contributed by atoms with Crippen LogP contribution in [0.5, 0.6) is 0 Å². The number of rotatable bonds is 13. The molecule has 3 nitrogen and oxygen atoms in total. The van der Waals surface area contributed by atoms with Gasteiger partial charge in [0.1, 0.15) is 0 Å². The maximum atomic E-state index is 10.6. The number of aliphatic carboxylic acids is 1. The Morgan fingerprint density at radius 3 is 1.79 bits per heavy atom. The first-order valence-corrected chi connectivity index (χ1v) is 7.98. The lowest BCUT2D eigenvalue weighted by Gasteiger charge is -2.22. The fourth-order valence-electron chi connectivity index (χ4n) is 2.45. The normalized spacial score (nSPS) is 14.3. The third kappa shape index (κ3) is 13.7. The molecule has 0 aromatic carbocycles. The molecule has 0 aliphatic rings. The van der Waals surface area contributed by atoms with Crippen LogP contribution in [0.3, 0.4) is 0 Å². The average molecular weight is 271 g/mol. The molecular weight excluding hydrogens is 238 g/mol. The van der Waals surface area contributed by atoms with Crippen molar-refractivity contribution >= 4 is 5.97 Å². The smallest absolute Gasteiger partial charge is 0.305 e. The van der Waals surface area contributed by atoms with Gasteiger partial charge in [0.05, 0.1) is 6.42 Å². The van der Waals surface area contributed by atoms with E-state index in [9.17, 15) is 4.79 Å². The number of hydrogen-bond acceptors (Lipinski definition) is 2. The Morgan fingerprint density at radius 1 is 0.947 bits per heavy atom. The first-order chi connectivity index (χ1) is 8.98. The minimum Gasteiger partial charge on any atom is -0.481 e. The van der Waals surface area contributed by atoms with Crippen LogP contribution in [0, 0.1) is 0 Å². The Hall–Kier alpha value is -0.570. The Labute approximate surface area is 119 Å². The van der Waals surface area contributed by atoms with Crippen LogP contribution in [-0.2, 0) is 4.79 Å². The summed E-state index contributed by atoms with van der Waals surface area (Å²) in [4.78, 5) is 10.6. The van der Waals surface area contributed by atoms with E-state index >= 15 is 0 Å². The number of carboxylic acids is 1. The largest absolute Gasteiger partial charge is 0.481 e. The summed E-state index contributed by atoms with van der Waals surface area (Å²) in [5.74, 6) is -0.794. The van der Waals surface area contributed by atoms with Crippen molar-refractivity contribution in [1.29, 1.82) is 0 Å². The number of carbonyl (C=O) groups is 1. The Bertz CT molecular complexity index is 227. The molecule has 0 heterocycles. The molecule has 0 saturated heterocycles. The van der Waals surface area contributed by atoms with Crippen molar-refractivity contribution in [2.24, 2.45) is 5.73 Å². The van der Waals surface area contributed by atoms with Crippen molar-refractivity contribution in [2.75, 3.05) is 0 Å². The van der Waals surface area contributed by atoms with Crippen LogP contribution < -0.4 is 5.73 Å². The summed E-state index contributed by atoms with van der Waals surface area (Å²) < 4.78 is 0. The molecule has 19 heavy (non-hydrogen) atoms. The Kier molecular flexibility index (Phi) is 10.9. The molecule has 0 radical (unpaired) electrons. The summed E-state index contributed by atoms with van der Waals surface area (Å²) in [6.45, 7) is 4.09. The van der Waals surface area contributed by atoms with Crippen molar-refractivity contribution in [3.05, 3.63) is 0 Å². The van der Waals surface area contributed by atoms with Gasteiger partial charge in [-0.15, -0.1) is 0 Å². The van der Waals surface area contributed by atoms with E-state index in [4.69, 9.17) is 10.8 Å². The molecular formula is C16H33NO2. The second-order valence-corrected chi connectivity index (χ2v) is 6.16. The summed E-state index contributed by atoms with van der Waals surface area (Å²) in [7, 11) is 0. The van der Waals surface area contributed by atoms with Crippen LogP contribution in [0.4, 0.5) is 0 Å². The SMILES string of the molecule is CCCCCCCCCCCCC(C)(N)CC(=O)O. The lowest BCUT2D eigenvalue weighted by atomic mass is 9.92. The molecule has 1 atom stereocenters. The van der Waals surface area contributed by atoms with Crippen LogP contribution in [-0.4, -0.2) is 16.6 Å². The van der Waals surface area contributed by atoms with Gasteiger partial charge in [0, 0.05) is 5.54 Å². The van der Waals surface area contributed by atoms with Gasteiger partial charge in [-0.1, -0.05) is 71.1 Å². The minimum atomic E-state index is -0.794. The van der Waals surface area contributed by atoms with Gasteiger partial charge >= 0.3 is 5.97 Å². The zero-order chi connectivity index (χ0) is 14.6. The molecule has 0 fully saturated rings. The number of hydrogen-bond donors (Lipinski definition) is 2. The zero-order valence-electron chi connectivity index (χ0n) is 12.9. The van der Waals surface area contributed by atoms with E-state index in [-0.39, 0.29) is 6.42 Å². The predicted octanol–water partition coefficient (Wildman–Crippen LogP) is 4.49. The summed E-state index contributed by atoms with van der Waals surface area (Å²) in [5, 5.41) is 8.73. The first kappa shape index (κ1) is 18.4. The summed E-state index contributed by atoms with van der Waals surface area (Å²) in [6, 6.07) is 0. The van der Waals surface area contributed by atoms with Crippen molar-refractivity contribution in [3.8, 4) is 0 Å². The van der Waals surface area contributed by atoms with Gasteiger partial charge in [-0.05, 0) is 13.3 Å². The van der Waals surface area contributed by atoms with Gasteiger partial charge in [0.15, 0.2) is 0 Å². The molecule has 0 aromatic rings. The van der Waals surface area contributed by atoms with E-state index in [1.807, 2.05) is 6.92 Å². The predicted molar refractivity (Wildman–Crippen MR) is 81.3 cm³/mol. The molecule has 0 bridgehead atoms. The molecule has 0 saturated carbocycles. The fraction of sp³-hybridized carbons (Fsp3) is 0.938. The standard InChI is InChI=1S/C16H33NO2/c1-3-4-5-6-7-8-9-10-11-12-13-16(2,17)14-15(18)19/h3-14,17H2,1-2H3,(H,18,19). The van der Waals surface area contributed by atoms with E-state index < -0.39 is 11.5 Å². The molecule has 0 aliphatic carbocycles. The highest BCUT2D eigenvalue weighted by molar-refractivity contribution is 5.68. The highest BCUT2D eigenvalue weighted by Crippen LogP contribution is 2.17. The summed E-state index contributed by atoms with van der Waals surface area (Å²) in [5.41, 5.74) is 5.41. The van der Waals surface area contributed by atoms with Gasteiger partial charge in [0.2, 0.25) is 0 Å². The van der Waals surface area contributed by atoms with E-state index in [0.29, 0.717) is 0 Å². The molecule has 1 unspecified atom stereocenters.